The van der Waals surface area contributed by atoms with Crippen molar-refractivity contribution in [3.63, 3.8) is 0 Å². The fraction of sp³-hybridized carbons (Fsp3) is 0.222. The van der Waals surface area contributed by atoms with Crippen LogP contribution >= 0.6 is 15.9 Å². The molecule has 5 heteroatoms. The van der Waals surface area contributed by atoms with Crippen LogP contribution < -0.4 is 5.73 Å². The standard InChI is InChI=1S/C9H9BrFNO2/c1-2-14-9(13)5-3-4-6(11)8(12)7(5)10/h3-4H,2,12H2,1H3. The lowest BCUT2D eigenvalue weighted by Gasteiger charge is -2.06. The molecule has 0 aromatic heterocycles. The fourth-order valence-corrected chi connectivity index (χ4v) is 1.42. The van der Waals surface area contributed by atoms with E-state index in [0.717, 1.165) is 6.07 Å². The Labute approximate surface area is 89.2 Å². The number of benzene rings is 1. The highest BCUT2D eigenvalue weighted by Crippen LogP contribution is 2.27. The second-order valence-corrected chi connectivity index (χ2v) is 3.34. The molecule has 0 radical (unpaired) electrons. The monoisotopic (exact) mass is 261 g/mol. The molecule has 0 amide bonds. The number of carbonyl (C=O) groups is 1. The van der Waals surface area contributed by atoms with E-state index < -0.39 is 11.8 Å². The molecule has 0 unspecified atom stereocenters. The summed E-state index contributed by atoms with van der Waals surface area (Å²) in [6, 6.07) is 2.46. The third-order valence-corrected chi connectivity index (χ3v) is 2.48. The third-order valence-electron chi connectivity index (χ3n) is 1.62. The van der Waals surface area contributed by atoms with Gasteiger partial charge in [0.05, 0.1) is 22.3 Å². The van der Waals surface area contributed by atoms with Crippen LogP contribution in [0.15, 0.2) is 16.6 Å². The number of halogens is 2. The Morgan fingerprint density at radius 2 is 2.29 bits per heavy atom. The van der Waals surface area contributed by atoms with Gasteiger partial charge in [-0.3, -0.25) is 0 Å². The first kappa shape index (κ1) is 11.0. The van der Waals surface area contributed by atoms with Gasteiger partial charge in [0.15, 0.2) is 0 Å². The van der Waals surface area contributed by atoms with Gasteiger partial charge in [-0.25, -0.2) is 9.18 Å². The molecule has 0 aliphatic carbocycles. The highest BCUT2D eigenvalue weighted by Gasteiger charge is 2.15. The van der Waals surface area contributed by atoms with Crippen molar-refractivity contribution in [3.8, 4) is 0 Å². The highest BCUT2D eigenvalue weighted by atomic mass is 79.9. The van der Waals surface area contributed by atoms with E-state index in [-0.39, 0.29) is 22.3 Å². The van der Waals surface area contributed by atoms with Crippen LogP contribution in [0.5, 0.6) is 0 Å². The Bertz CT molecular complexity index is 368. The minimum Gasteiger partial charge on any atom is -0.462 e. The largest absolute Gasteiger partial charge is 0.462 e. The molecule has 0 fully saturated rings. The molecule has 14 heavy (non-hydrogen) atoms. The number of esters is 1. The summed E-state index contributed by atoms with van der Waals surface area (Å²) in [5.74, 6) is -1.09. The molecule has 1 aromatic carbocycles. The molecule has 0 saturated carbocycles. The van der Waals surface area contributed by atoms with Crippen molar-refractivity contribution in [3.05, 3.63) is 28.0 Å². The zero-order valence-electron chi connectivity index (χ0n) is 7.51. The van der Waals surface area contributed by atoms with Gasteiger partial charge in [0.25, 0.3) is 0 Å². The molecule has 0 aliphatic heterocycles. The average molecular weight is 262 g/mol. The van der Waals surface area contributed by atoms with Crippen molar-refractivity contribution in [1.29, 1.82) is 0 Å². The van der Waals surface area contributed by atoms with Crippen LogP contribution in [0, 0.1) is 5.82 Å². The molecule has 0 heterocycles. The van der Waals surface area contributed by atoms with Gasteiger partial charge in [-0.1, -0.05) is 0 Å². The normalized spacial score (nSPS) is 9.93. The van der Waals surface area contributed by atoms with Gasteiger partial charge in [-0.05, 0) is 35.0 Å². The van der Waals surface area contributed by atoms with Crippen molar-refractivity contribution < 1.29 is 13.9 Å². The maximum Gasteiger partial charge on any atom is 0.339 e. The van der Waals surface area contributed by atoms with E-state index in [2.05, 4.69) is 15.9 Å². The Hall–Kier alpha value is -1.10. The van der Waals surface area contributed by atoms with Crippen LogP contribution in [0.25, 0.3) is 0 Å². The van der Waals surface area contributed by atoms with Crippen molar-refractivity contribution in [1.82, 2.24) is 0 Å². The van der Waals surface area contributed by atoms with Crippen molar-refractivity contribution >= 4 is 27.6 Å². The fourth-order valence-electron chi connectivity index (χ4n) is 0.936. The molecule has 1 rings (SSSR count). The van der Waals surface area contributed by atoms with E-state index in [1.54, 1.807) is 6.92 Å². The van der Waals surface area contributed by atoms with Gasteiger partial charge < -0.3 is 10.5 Å². The number of anilines is 1. The van der Waals surface area contributed by atoms with Crippen LogP contribution in [0.2, 0.25) is 0 Å². The Balaban J connectivity index is 3.11. The van der Waals surface area contributed by atoms with Gasteiger partial charge in [-0.2, -0.15) is 0 Å². The van der Waals surface area contributed by atoms with E-state index in [1.807, 2.05) is 0 Å². The van der Waals surface area contributed by atoms with E-state index in [4.69, 9.17) is 10.5 Å². The summed E-state index contributed by atoms with van der Waals surface area (Å²) in [6.07, 6.45) is 0. The van der Waals surface area contributed by atoms with Crippen LogP contribution in [0.3, 0.4) is 0 Å². The first-order valence-corrected chi connectivity index (χ1v) is 4.77. The Morgan fingerprint density at radius 3 is 2.86 bits per heavy atom. The predicted octanol–water partition coefficient (Wildman–Crippen LogP) is 2.35. The number of nitrogen functional groups attached to an aromatic ring is 1. The molecule has 0 atom stereocenters. The van der Waals surface area contributed by atoms with Crippen LogP contribution in [-0.4, -0.2) is 12.6 Å². The van der Waals surface area contributed by atoms with E-state index >= 15 is 0 Å². The zero-order valence-corrected chi connectivity index (χ0v) is 9.10. The van der Waals surface area contributed by atoms with Crippen molar-refractivity contribution in [2.75, 3.05) is 12.3 Å². The molecule has 0 bridgehead atoms. The molecule has 2 N–H and O–H groups in total. The topological polar surface area (TPSA) is 52.3 Å². The van der Waals surface area contributed by atoms with Crippen molar-refractivity contribution in [2.45, 2.75) is 6.92 Å². The molecule has 0 spiro atoms. The maximum absolute atomic E-state index is 12.9. The van der Waals surface area contributed by atoms with E-state index in [1.165, 1.54) is 6.07 Å². The molecule has 0 saturated heterocycles. The van der Waals surface area contributed by atoms with Gasteiger partial charge in [0.2, 0.25) is 0 Å². The number of ether oxygens (including phenoxy) is 1. The second kappa shape index (κ2) is 4.41. The Morgan fingerprint density at radius 1 is 1.64 bits per heavy atom. The molecular formula is C9H9BrFNO2. The number of nitrogens with two attached hydrogens (primary N) is 1. The lowest BCUT2D eigenvalue weighted by atomic mass is 10.2. The van der Waals surface area contributed by atoms with Crippen LogP contribution in [0.4, 0.5) is 10.1 Å². The average Bonchev–Trinajstić information content (AvgIpc) is 2.15. The van der Waals surface area contributed by atoms with Gasteiger partial charge in [0, 0.05) is 0 Å². The third kappa shape index (κ3) is 2.04. The summed E-state index contributed by atoms with van der Waals surface area (Å²) in [6.45, 7) is 1.96. The minimum absolute atomic E-state index is 0.0875. The summed E-state index contributed by atoms with van der Waals surface area (Å²) in [5, 5.41) is 0. The summed E-state index contributed by atoms with van der Waals surface area (Å²) in [4.78, 5) is 11.3. The lowest BCUT2D eigenvalue weighted by Crippen LogP contribution is -2.07. The SMILES string of the molecule is CCOC(=O)c1ccc(F)c(N)c1Br. The smallest absolute Gasteiger partial charge is 0.339 e. The number of hydrogen-bond acceptors (Lipinski definition) is 3. The van der Waals surface area contributed by atoms with E-state index in [0.29, 0.717) is 0 Å². The van der Waals surface area contributed by atoms with Gasteiger partial charge in [0.1, 0.15) is 5.82 Å². The second-order valence-electron chi connectivity index (χ2n) is 2.54. The molecule has 76 valence electrons. The zero-order chi connectivity index (χ0) is 10.7. The number of carbonyl (C=O) groups excluding carboxylic acids is 1. The highest BCUT2D eigenvalue weighted by molar-refractivity contribution is 9.10. The van der Waals surface area contributed by atoms with Gasteiger partial charge >= 0.3 is 5.97 Å². The molecule has 1 aromatic rings. The molecule has 0 aliphatic rings. The summed E-state index contributed by atoms with van der Waals surface area (Å²) in [7, 11) is 0. The molecular weight excluding hydrogens is 253 g/mol. The molecule has 3 nitrogen and oxygen atoms in total. The first-order chi connectivity index (χ1) is 6.57. The summed E-state index contributed by atoms with van der Waals surface area (Å²) in [5.41, 5.74) is 5.53. The summed E-state index contributed by atoms with van der Waals surface area (Å²) >= 11 is 3.04. The Kier molecular flexibility index (Phi) is 3.46. The van der Waals surface area contributed by atoms with Crippen LogP contribution in [-0.2, 0) is 4.74 Å². The van der Waals surface area contributed by atoms with Gasteiger partial charge in [-0.15, -0.1) is 0 Å². The lowest BCUT2D eigenvalue weighted by molar-refractivity contribution is 0.0525. The quantitative estimate of drug-likeness (QED) is 0.657. The van der Waals surface area contributed by atoms with E-state index in [9.17, 15) is 9.18 Å². The number of rotatable bonds is 2. The summed E-state index contributed by atoms with van der Waals surface area (Å²) < 4.78 is 17.9. The minimum atomic E-state index is -0.565. The van der Waals surface area contributed by atoms with Crippen LogP contribution in [0.1, 0.15) is 17.3 Å². The van der Waals surface area contributed by atoms with Crippen molar-refractivity contribution in [2.24, 2.45) is 0 Å². The first-order valence-electron chi connectivity index (χ1n) is 3.98. The number of hydrogen-bond donors (Lipinski definition) is 1. The predicted molar refractivity (Wildman–Crippen MR) is 54.5 cm³/mol. The maximum atomic E-state index is 12.9.